The maximum atomic E-state index is 12.9. The number of carbonyl (C=O) groups is 1. The first-order valence-electron chi connectivity index (χ1n) is 9.18. The third-order valence-electron chi connectivity index (χ3n) is 4.80. The van der Waals surface area contributed by atoms with Gasteiger partial charge in [0.1, 0.15) is 5.75 Å². The fraction of sp³-hybridized carbons (Fsp3) is 0.571. The molecule has 1 amide bonds. The third-order valence-corrected chi connectivity index (χ3v) is 4.80. The molecule has 1 aromatic rings. The van der Waals surface area contributed by atoms with Gasteiger partial charge >= 0.3 is 0 Å². The zero-order valence-corrected chi connectivity index (χ0v) is 15.6. The maximum Gasteiger partial charge on any atom is 0.249 e. The molecule has 2 rings (SSSR count). The Kier molecular flexibility index (Phi) is 6.89. The van der Waals surface area contributed by atoms with Gasteiger partial charge in [0.2, 0.25) is 5.91 Å². The van der Waals surface area contributed by atoms with E-state index in [2.05, 4.69) is 26.0 Å². The first-order valence-corrected chi connectivity index (χ1v) is 9.18. The van der Waals surface area contributed by atoms with Gasteiger partial charge in [0.15, 0.2) is 0 Å². The van der Waals surface area contributed by atoms with Crippen LogP contribution in [-0.4, -0.2) is 24.0 Å². The van der Waals surface area contributed by atoms with Crippen molar-refractivity contribution in [3.8, 4) is 5.75 Å². The number of hydrogen-bond acceptors (Lipinski definition) is 2. The lowest BCUT2D eigenvalue weighted by Crippen LogP contribution is -2.33. The Labute approximate surface area is 146 Å². The summed E-state index contributed by atoms with van der Waals surface area (Å²) in [7, 11) is 1.69. The number of rotatable bonds is 9. The minimum atomic E-state index is 0.191. The van der Waals surface area contributed by atoms with Crippen LogP contribution in [0.2, 0.25) is 0 Å². The van der Waals surface area contributed by atoms with Crippen LogP contribution in [-0.2, 0) is 11.3 Å². The van der Waals surface area contributed by atoms with Gasteiger partial charge in [-0.15, -0.1) is 0 Å². The minimum Gasteiger partial charge on any atom is -0.496 e. The van der Waals surface area contributed by atoms with E-state index in [9.17, 15) is 4.79 Å². The van der Waals surface area contributed by atoms with Gasteiger partial charge in [-0.1, -0.05) is 38.0 Å². The smallest absolute Gasteiger partial charge is 0.249 e. The Balaban J connectivity index is 2.08. The number of unbranched alkanes of at least 4 members (excludes halogenated alkanes) is 3. The zero-order valence-electron chi connectivity index (χ0n) is 15.6. The van der Waals surface area contributed by atoms with Gasteiger partial charge in [0.05, 0.1) is 7.11 Å². The number of ether oxygens (including phenoxy) is 1. The Morgan fingerprint density at radius 2 is 2.08 bits per heavy atom. The van der Waals surface area contributed by atoms with Crippen molar-refractivity contribution in [2.75, 3.05) is 7.11 Å². The van der Waals surface area contributed by atoms with Crippen molar-refractivity contribution in [2.24, 2.45) is 0 Å². The van der Waals surface area contributed by atoms with Crippen LogP contribution in [0.25, 0.3) is 0 Å². The van der Waals surface area contributed by atoms with Crippen LogP contribution in [0.15, 0.2) is 29.8 Å². The lowest BCUT2D eigenvalue weighted by molar-refractivity contribution is -0.128. The fourth-order valence-electron chi connectivity index (χ4n) is 3.02. The second-order valence-corrected chi connectivity index (χ2v) is 6.79. The predicted molar refractivity (Wildman–Crippen MR) is 99.2 cm³/mol. The first-order chi connectivity index (χ1) is 11.6. The third kappa shape index (κ3) is 4.86. The lowest BCUT2D eigenvalue weighted by atomic mass is 10.1. The molecule has 0 bridgehead atoms. The number of carbonyl (C=O) groups excluding carboxylic acids is 1. The zero-order chi connectivity index (χ0) is 17.5. The van der Waals surface area contributed by atoms with Crippen LogP contribution in [0.3, 0.4) is 0 Å². The van der Waals surface area contributed by atoms with Crippen molar-refractivity contribution in [3.63, 3.8) is 0 Å². The van der Waals surface area contributed by atoms with Gasteiger partial charge in [0, 0.05) is 18.2 Å². The first kappa shape index (κ1) is 18.6. The summed E-state index contributed by atoms with van der Waals surface area (Å²) in [4.78, 5) is 14.9. The molecule has 0 heterocycles. The van der Waals surface area contributed by atoms with Crippen LogP contribution < -0.4 is 4.74 Å². The summed E-state index contributed by atoms with van der Waals surface area (Å²) in [5.74, 6) is 1.08. The van der Waals surface area contributed by atoms with Crippen LogP contribution >= 0.6 is 0 Å². The Morgan fingerprint density at radius 3 is 2.71 bits per heavy atom. The van der Waals surface area contributed by atoms with Crippen LogP contribution in [0.4, 0.5) is 0 Å². The maximum absolute atomic E-state index is 12.9. The van der Waals surface area contributed by atoms with E-state index in [0.29, 0.717) is 12.6 Å². The molecule has 132 valence electrons. The molecule has 0 unspecified atom stereocenters. The highest BCUT2D eigenvalue weighted by atomic mass is 16.5. The van der Waals surface area contributed by atoms with Crippen LogP contribution in [0, 0.1) is 6.92 Å². The average Bonchev–Trinajstić information content (AvgIpc) is 3.42. The van der Waals surface area contributed by atoms with E-state index in [-0.39, 0.29) is 5.91 Å². The fourth-order valence-corrected chi connectivity index (χ4v) is 3.02. The number of allylic oxidation sites excluding steroid dienone is 1. The molecule has 0 radical (unpaired) electrons. The number of benzene rings is 1. The summed E-state index contributed by atoms with van der Waals surface area (Å²) >= 11 is 0. The van der Waals surface area contributed by atoms with Crippen molar-refractivity contribution in [2.45, 2.75) is 71.9 Å². The molecule has 1 saturated carbocycles. The van der Waals surface area contributed by atoms with Crippen molar-refractivity contribution in [1.29, 1.82) is 0 Å². The van der Waals surface area contributed by atoms with Gasteiger partial charge in [0.25, 0.3) is 0 Å². The molecule has 3 nitrogen and oxygen atoms in total. The van der Waals surface area contributed by atoms with E-state index in [4.69, 9.17) is 4.74 Å². The van der Waals surface area contributed by atoms with E-state index < -0.39 is 0 Å². The normalized spacial score (nSPS) is 14.6. The molecule has 0 saturated heterocycles. The molecule has 0 aromatic heterocycles. The molecule has 0 aliphatic heterocycles. The Bertz CT molecular complexity index is 588. The Morgan fingerprint density at radius 1 is 1.33 bits per heavy atom. The molecular formula is C21H31NO2. The molecule has 1 aromatic carbocycles. The molecular weight excluding hydrogens is 298 g/mol. The van der Waals surface area contributed by atoms with Crippen molar-refractivity contribution >= 4 is 5.91 Å². The van der Waals surface area contributed by atoms with E-state index in [1.54, 1.807) is 7.11 Å². The Hall–Kier alpha value is -1.77. The quantitative estimate of drug-likeness (QED) is 0.470. The van der Waals surface area contributed by atoms with Gasteiger partial charge in [-0.2, -0.15) is 0 Å². The van der Waals surface area contributed by atoms with Crippen molar-refractivity contribution in [3.05, 3.63) is 41.0 Å². The second kappa shape index (κ2) is 8.91. The van der Waals surface area contributed by atoms with E-state index in [0.717, 1.165) is 36.1 Å². The van der Waals surface area contributed by atoms with Crippen molar-refractivity contribution < 1.29 is 9.53 Å². The predicted octanol–water partition coefficient (Wildman–Crippen LogP) is 5.02. The van der Waals surface area contributed by atoms with Gasteiger partial charge in [-0.25, -0.2) is 0 Å². The number of nitrogens with zero attached hydrogens (tertiary/aromatic N) is 1. The standard InChI is InChI=1S/C21H31NO2/c1-5-6-7-8-10-16(2)21(23)22(19-13-14-19)15-18-11-9-12-20(24-4)17(18)3/h9-12,19H,5-8,13-15H2,1-4H3/b16-10-. The molecule has 0 spiro atoms. The van der Waals surface area contributed by atoms with Gasteiger partial charge < -0.3 is 9.64 Å². The summed E-state index contributed by atoms with van der Waals surface area (Å²) in [6.07, 6.45) is 8.97. The minimum absolute atomic E-state index is 0.191. The van der Waals surface area contributed by atoms with E-state index in [1.165, 1.54) is 24.8 Å². The summed E-state index contributed by atoms with van der Waals surface area (Å²) in [5, 5.41) is 0. The highest BCUT2D eigenvalue weighted by molar-refractivity contribution is 5.93. The average molecular weight is 329 g/mol. The molecule has 1 aliphatic rings. The summed E-state index contributed by atoms with van der Waals surface area (Å²) < 4.78 is 5.41. The summed E-state index contributed by atoms with van der Waals surface area (Å²) in [6.45, 7) is 6.90. The van der Waals surface area contributed by atoms with Crippen molar-refractivity contribution in [1.82, 2.24) is 4.90 Å². The monoisotopic (exact) mass is 329 g/mol. The number of methoxy groups -OCH3 is 1. The largest absolute Gasteiger partial charge is 0.496 e. The molecule has 1 fully saturated rings. The topological polar surface area (TPSA) is 29.5 Å². The number of hydrogen-bond donors (Lipinski definition) is 0. The summed E-state index contributed by atoms with van der Waals surface area (Å²) in [6, 6.07) is 6.48. The second-order valence-electron chi connectivity index (χ2n) is 6.79. The number of amides is 1. The van der Waals surface area contributed by atoms with E-state index in [1.807, 2.05) is 24.0 Å². The highest BCUT2D eigenvalue weighted by Crippen LogP contribution is 2.31. The van der Waals surface area contributed by atoms with Crippen LogP contribution in [0.1, 0.15) is 63.5 Å². The molecule has 3 heteroatoms. The van der Waals surface area contributed by atoms with Gasteiger partial charge in [-0.3, -0.25) is 4.79 Å². The molecule has 24 heavy (non-hydrogen) atoms. The molecule has 0 N–H and O–H groups in total. The lowest BCUT2D eigenvalue weighted by Gasteiger charge is -2.24. The van der Waals surface area contributed by atoms with E-state index >= 15 is 0 Å². The van der Waals surface area contributed by atoms with Gasteiger partial charge in [-0.05, 0) is 56.7 Å². The molecule has 0 atom stereocenters. The van der Waals surface area contributed by atoms with Crippen LogP contribution in [0.5, 0.6) is 5.75 Å². The highest BCUT2D eigenvalue weighted by Gasteiger charge is 2.33. The summed E-state index contributed by atoms with van der Waals surface area (Å²) in [5.41, 5.74) is 3.19. The molecule has 1 aliphatic carbocycles. The SMILES string of the molecule is CCCCC/C=C(/C)C(=O)N(Cc1cccc(OC)c1C)C1CC1.